The van der Waals surface area contributed by atoms with Crippen LogP contribution in [0.25, 0.3) is 0 Å². The van der Waals surface area contributed by atoms with Gasteiger partial charge in [-0.3, -0.25) is 0 Å². The van der Waals surface area contributed by atoms with Crippen molar-refractivity contribution < 1.29 is 26.3 Å². The lowest BCUT2D eigenvalue weighted by molar-refractivity contribution is -0.137. The summed E-state index contributed by atoms with van der Waals surface area (Å²) >= 11 is 0. The van der Waals surface area contributed by atoms with Gasteiger partial charge in [0.1, 0.15) is 0 Å². The summed E-state index contributed by atoms with van der Waals surface area (Å²) in [5.41, 5.74) is 3.53. The van der Waals surface area contributed by atoms with Crippen LogP contribution >= 0.6 is 12.4 Å². The molecule has 1 fully saturated rings. The van der Waals surface area contributed by atoms with Crippen molar-refractivity contribution in [2.45, 2.75) is 36.4 Å². The molecule has 1 heterocycles. The zero-order valence-electron chi connectivity index (χ0n) is 14.4. The standard InChI is InChI=1S/C16H20F3N3O3S.ClH/c17-16(18,19)15-10-14(3-2-12(15)11-21)26(23,24)22-7-4-13(5-8-22)25-9-1-6-20;/h2-3,10,13H,1,4-9,20H2;1H. The molecule has 1 saturated heterocycles. The third-order valence-corrected chi connectivity index (χ3v) is 6.05. The minimum Gasteiger partial charge on any atom is -0.378 e. The first-order valence-electron chi connectivity index (χ1n) is 8.13. The van der Waals surface area contributed by atoms with Crippen molar-refractivity contribution in [3.8, 4) is 6.07 Å². The molecule has 2 N–H and O–H groups in total. The number of ether oxygens (including phenoxy) is 1. The molecular formula is C16H21ClF3N3O3S. The Labute approximate surface area is 162 Å². The molecule has 0 saturated carbocycles. The number of nitriles is 1. The second-order valence-electron chi connectivity index (χ2n) is 5.93. The molecule has 6 nitrogen and oxygen atoms in total. The molecule has 0 radical (unpaired) electrons. The molecule has 1 aromatic carbocycles. The third kappa shape index (κ3) is 5.80. The van der Waals surface area contributed by atoms with Crippen molar-refractivity contribution in [3.63, 3.8) is 0 Å². The van der Waals surface area contributed by atoms with Gasteiger partial charge in [-0.25, -0.2) is 8.42 Å². The average Bonchev–Trinajstić information content (AvgIpc) is 2.61. The number of hydrogen-bond donors (Lipinski definition) is 1. The summed E-state index contributed by atoms with van der Waals surface area (Å²) in [6.07, 6.45) is -3.25. The summed E-state index contributed by atoms with van der Waals surface area (Å²) in [6, 6.07) is 3.88. The fourth-order valence-electron chi connectivity index (χ4n) is 2.74. The summed E-state index contributed by atoms with van der Waals surface area (Å²) in [5, 5.41) is 8.81. The summed E-state index contributed by atoms with van der Waals surface area (Å²) in [7, 11) is -4.07. The van der Waals surface area contributed by atoms with Crippen LogP contribution in [0, 0.1) is 11.3 Å². The van der Waals surface area contributed by atoms with Gasteiger partial charge in [0.15, 0.2) is 0 Å². The maximum Gasteiger partial charge on any atom is 0.417 e. The maximum atomic E-state index is 13.1. The summed E-state index contributed by atoms with van der Waals surface area (Å²) in [6.45, 7) is 1.33. The van der Waals surface area contributed by atoms with Crippen molar-refractivity contribution in [1.29, 1.82) is 5.26 Å². The summed E-state index contributed by atoms with van der Waals surface area (Å²) in [4.78, 5) is -0.466. The Balaban J connectivity index is 0.00000364. The van der Waals surface area contributed by atoms with E-state index < -0.39 is 32.2 Å². The van der Waals surface area contributed by atoms with Crippen molar-refractivity contribution in [3.05, 3.63) is 29.3 Å². The van der Waals surface area contributed by atoms with E-state index in [9.17, 15) is 21.6 Å². The van der Waals surface area contributed by atoms with Crippen molar-refractivity contribution in [2.24, 2.45) is 5.73 Å². The Morgan fingerprint density at radius 3 is 2.44 bits per heavy atom. The van der Waals surface area contributed by atoms with E-state index in [0.29, 0.717) is 38.5 Å². The molecule has 1 aliphatic rings. The van der Waals surface area contributed by atoms with Crippen LogP contribution in [0.5, 0.6) is 0 Å². The van der Waals surface area contributed by atoms with E-state index in [1.807, 2.05) is 0 Å². The number of hydrogen-bond acceptors (Lipinski definition) is 5. The lowest BCUT2D eigenvalue weighted by Gasteiger charge is -2.31. The van der Waals surface area contributed by atoms with E-state index in [-0.39, 0.29) is 31.6 Å². The van der Waals surface area contributed by atoms with Gasteiger partial charge in [-0.05, 0) is 44.0 Å². The molecule has 0 unspecified atom stereocenters. The van der Waals surface area contributed by atoms with Gasteiger partial charge < -0.3 is 10.5 Å². The predicted octanol–water partition coefficient (Wildman–Crippen LogP) is 2.52. The van der Waals surface area contributed by atoms with Crippen LogP contribution in [-0.2, 0) is 20.9 Å². The number of nitrogens with zero attached hydrogens (tertiary/aromatic N) is 2. The number of benzene rings is 1. The fraction of sp³-hybridized carbons (Fsp3) is 0.562. The molecule has 0 aliphatic carbocycles. The topological polar surface area (TPSA) is 96.4 Å². The number of sulfonamides is 1. The second kappa shape index (κ2) is 9.71. The first-order valence-corrected chi connectivity index (χ1v) is 9.57. The van der Waals surface area contributed by atoms with Gasteiger partial charge in [0.25, 0.3) is 0 Å². The first-order chi connectivity index (χ1) is 12.2. The van der Waals surface area contributed by atoms with Gasteiger partial charge in [0, 0.05) is 19.7 Å². The highest BCUT2D eigenvalue weighted by Gasteiger charge is 2.36. The molecule has 0 amide bonds. The summed E-state index contributed by atoms with van der Waals surface area (Å²) in [5.74, 6) is 0. The van der Waals surface area contributed by atoms with E-state index >= 15 is 0 Å². The lowest BCUT2D eigenvalue weighted by atomic mass is 10.1. The zero-order valence-corrected chi connectivity index (χ0v) is 16.0. The molecule has 27 heavy (non-hydrogen) atoms. The van der Waals surface area contributed by atoms with Gasteiger partial charge in [-0.2, -0.15) is 22.7 Å². The largest absolute Gasteiger partial charge is 0.417 e. The van der Waals surface area contributed by atoms with Crippen LogP contribution in [0.15, 0.2) is 23.1 Å². The van der Waals surface area contributed by atoms with Crippen LogP contribution in [0.2, 0.25) is 0 Å². The van der Waals surface area contributed by atoms with Crippen molar-refractivity contribution in [2.75, 3.05) is 26.2 Å². The molecule has 0 aromatic heterocycles. The first kappa shape index (κ1) is 23.7. The van der Waals surface area contributed by atoms with Gasteiger partial charge in [-0.15, -0.1) is 12.4 Å². The predicted molar refractivity (Wildman–Crippen MR) is 94.8 cm³/mol. The Morgan fingerprint density at radius 2 is 1.93 bits per heavy atom. The van der Waals surface area contributed by atoms with Crippen LogP contribution in [0.1, 0.15) is 30.4 Å². The van der Waals surface area contributed by atoms with E-state index in [1.165, 1.54) is 6.07 Å². The highest BCUT2D eigenvalue weighted by molar-refractivity contribution is 7.89. The van der Waals surface area contributed by atoms with Crippen molar-refractivity contribution in [1.82, 2.24) is 4.31 Å². The Kier molecular flexibility index (Phi) is 8.50. The summed E-state index contributed by atoms with van der Waals surface area (Å²) < 4.78 is 71.2. The fourth-order valence-corrected chi connectivity index (χ4v) is 4.23. The molecule has 1 aliphatic heterocycles. The van der Waals surface area contributed by atoms with Gasteiger partial charge in [-0.1, -0.05) is 0 Å². The molecule has 0 spiro atoms. The van der Waals surface area contributed by atoms with Crippen LogP contribution in [0.4, 0.5) is 13.2 Å². The normalized spacial score (nSPS) is 16.6. The molecule has 0 atom stereocenters. The minimum absolute atomic E-state index is 0. The number of piperidine rings is 1. The van der Waals surface area contributed by atoms with E-state index in [2.05, 4.69) is 0 Å². The number of nitrogens with two attached hydrogens (primary N) is 1. The molecule has 11 heteroatoms. The third-order valence-electron chi connectivity index (χ3n) is 4.16. The van der Waals surface area contributed by atoms with Gasteiger partial charge >= 0.3 is 6.18 Å². The number of halogens is 4. The highest BCUT2D eigenvalue weighted by atomic mass is 35.5. The smallest absolute Gasteiger partial charge is 0.378 e. The van der Waals surface area contributed by atoms with Gasteiger partial charge in [0.2, 0.25) is 10.0 Å². The maximum absolute atomic E-state index is 13.1. The SMILES string of the molecule is Cl.N#Cc1ccc(S(=O)(=O)N2CCC(OCCCN)CC2)cc1C(F)(F)F. The zero-order chi connectivity index (χ0) is 19.4. The van der Waals surface area contributed by atoms with E-state index in [4.69, 9.17) is 15.7 Å². The molecule has 2 rings (SSSR count). The van der Waals surface area contributed by atoms with Crippen LogP contribution in [0.3, 0.4) is 0 Å². The Hall–Kier alpha value is -1.38. The van der Waals surface area contributed by atoms with E-state index in [1.54, 1.807) is 0 Å². The van der Waals surface area contributed by atoms with Gasteiger partial charge in [0.05, 0.1) is 28.2 Å². The second-order valence-corrected chi connectivity index (χ2v) is 7.87. The molecular weight excluding hydrogens is 407 g/mol. The van der Waals surface area contributed by atoms with Crippen molar-refractivity contribution >= 4 is 22.4 Å². The number of rotatable bonds is 6. The van der Waals surface area contributed by atoms with Crippen LogP contribution < -0.4 is 5.73 Å². The Morgan fingerprint density at radius 1 is 1.30 bits per heavy atom. The number of alkyl halides is 3. The monoisotopic (exact) mass is 427 g/mol. The van der Waals surface area contributed by atoms with Crippen LogP contribution in [-0.4, -0.2) is 45.1 Å². The Bertz CT molecular complexity index is 773. The lowest BCUT2D eigenvalue weighted by Crippen LogP contribution is -2.41. The molecule has 152 valence electrons. The van der Waals surface area contributed by atoms with E-state index in [0.717, 1.165) is 16.4 Å². The average molecular weight is 428 g/mol. The molecule has 1 aromatic rings. The minimum atomic E-state index is -4.81. The molecule has 0 bridgehead atoms. The highest BCUT2D eigenvalue weighted by Crippen LogP contribution is 2.34. The quantitative estimate of drug-likeness (QED) is 0.703.